The van der Waals surface area contributed by atoms with Crippen LogP contribution in [0.4, 0.5) is 5.69 Å². The summed E-state index contributed by atoms with van der Waals surface area (Å²) in [7, 11) is -3.17. The van der Waals surface area contributed by atoms with Crippen LogP contribution in [-0.4, -0.2) is 44.6 Å². The van der Waals surface area contributed by atoms with Gasteiger partial charge < -0.3 is 10.2 Å². The van der Waals surface area contributed by atoms with Gasteiger partial charge >= 0.3 is 0 Å². The molecule has 1 saturated carbocycles. The minimum atomic E-state index is -3.17. The van der Waals surface area contributed by atoms with E-state index in [-0.39, 0.29) is 17.3 Å². The fourth-order valence-electron chi connectivity index (χ4n) is 2.12. The lowest BCUT2D eigenvalue weighted by Gasteiger charge is -2.20. The molecule has 0 saturated heterocycles. The van der Waals surface area contributed by atoms with Crippen LogP contribution >= 0.6 is 0 Å². The molecule has 0 atom stereocenters. The Morgan fingerprint density at radius 2 is 1.90 bits per heavy atom. The molecule has 0 unspecified atom stereocenters. The van der Waals surface area contributed by atoms with Crippen molar-refractivity contribution in [1.82, 2.24) is 4.90 Å². The molecule has 0 aromatic heterocycles. The monoisotopic (exact) mass is 296 g/mol. The molecule has 0 radical (unpaired) electrons. The Morgan fingerprint density at radius 1 is 1.30 bits per heavy atom. The number of rotatable bonds is 6. The molecule has 0 bridgehead atoms. The van der Waals surface area contributed by atoms with E-state index in [1.54, 1.807) is 24.3 Å². The van der Waals surface area contributed by atoms with Crippen molar-refractivity contribution in [3.05, 3.63) is 24.3 Å². The molecule has 20 heavy (non-hydrogen) atoms. The van der Waals surface area contributed by atoms with Crippen LogP contribution in [0, 0.1) is 0 Å². The van der Waals surface area contributed by atoms with Crippen LogP contribution in [-0.2, 0) is 14.6 Å². The summed E-state index contributed by atoms with van der Waals surface area (Å²) in [5.41, 5.74) is 0.748. The first kappa shape index (κ1) is 14.8. The normalized spacial score (nSPS) is 14.9. The number of carbonyl (C=O) groups is 1. The summed E-state index contributed by atoms with van der Waals surface area (Å²) in [6, 6.07) is 6.86. The smallest absolute Gasteiger partial charge is 0.242 e. The highest BCUT2D eigenvalue weighted by atomic mass is 32.2. The van der Waals surface area contributed by atoms with Crippen molar-refractivity contribution in [2.24, 2.45) is 0 Å². The van der Waals surface area contributed by atoms with Crippen LogP contribution in [0.25, 0.3) is 0 Å². The third kappa shape index (κ3) is 3.72. The highest BCUT2D eigenvalue weighted by Crippen LogP contribution is 2.26. The van der Waals surface area contributed by atoms with Gasteiger partial charge in [-0.1, -0.05) is 0 Å². The van der Waals surface area contributed by atoms with E-state index in [2.05, 4.69) is 5.32 Å². The lowest BCUT2D eigenvalue weighted by atomic mass is 10.3. The van der Waals surface area contributed by atoms with Gasteiger partial charge in [0.2, 0.25) is 5.91 Å². The predicted octanol–water partition coefficient (Wildman–Crippen LogP) is 1.51. The summed E-state index contributed by atoms with van der Waals surface area (Å²) in [4.78, 5) is 14.2. The second-order valence-electron chi connectivity index (χ2n) is 5.06. The van der Waals surface area contributed by atoms with E-state index in [4.69, 9.17) is 0 Å². The largest absolute Gasteiger partial charge is 0.376 e. The molecular weight excluding hydrogens is 276 g/mol. The van der Waals surface area contributed by atoms with E-state index in [9.17, 15) is 13.2 Å². The van der Waals surface area contributed by atoms with E-state index in [0.29, 0.717) is 6.04 Å². The van der Waals surface area contributed by atoms with Crippen LogP contribution in [0.5, 0.6) is 0 Å². The van der Waals surface area contributed by atoms with E-state index in [1.165, 1.54) is 6.26 Å². The molecule has 1 aliphatic rings. The average Bonchev–Trinajstić information content (AvgIpc) is 3.21. The third-order valence-corrected chi connectivity index (χ3v) is 4.50. The zero-order valence-corrected chi connectivity index (χ0v) is 12.6. The standard InChI is InChI=1S/C14H20N2O3S/c1-3-16(12-6-7-12)14(17)10-15-11-4-8-13(9-5-11)20(2,18)19/h4-5,8-9,12,15H,3,6-7,10H2,1-2H3. The van der Waals surface area contributed by atoms with Gasteiger partial charge in [0.05, 0.1) is 11.4 Å². The van der Waals surface area contributed by atoms with Crippen molar-refractivity contribution >= 4 is 21.4 Å². The highest BCUT2D eigenvalue weighted by Gasteiger charge is 2.30. The Balaban J connectivity index is 1.92. The number of nitrogens with zero attached hydrogens (tertiary/aromatic N) is 1. The van der Waals surface area contributed by atoms with Crippen molar-refractivity contribution in [3.63, 3.8) is 0 Å². The first-order valence-electron chi connectivity index (χ1n) is 6.75. The Labute approximate surface area is 119 Å². The highest BCUT2D eigenvalue weighted by molar-refractivity contribution is 7.90. The summed E-state index contributed by atoms with van der Waals surface area (Å²) in [6.45, 7) is 2.96. The number of hydrogen-bond acceptors (Lipinski definition) is 4. The molecule has 0 heterocycles. The minimum Gasteiger partial charge on any atom is -0.376 e. The minimum absolute atomic E-state index is 0.0854. The maximum Gasteiger partial charge on any atom is 0.242 e. The molecule has 110 valence electrons. The van der Waals surface area contributed by atoms with Gasteiger partial charge in [-0.15, -0.1) is 0 Å². The van der Waals surface area contributed by atoms with Crippen LogP contribution in [0.1, 0.15) is 19.8 Å². The molecule has 6 heteroatoms. The number of amides is 1. The molecule has 0 aliphatic heterocycles. The molecule has 1 fully saturated rings. The van der Waals surface area contributed by atoms with Crippen molar-refractivity contribution in [2.75, 3.05) is 24.7 Å². The van der Waals surface area contributed by atoms with Gasteiger partial charge in [-0.25, -0.2) is 8.42 Å². The number of hydrogen-bond donors (Lipinski definition) is 1. The van der Waals surface area contributed by atoms with Gasteiger partial charge in [-0.2, -0.15) is 0 Å². The number of carbonyl (C=O) groups excluding carboxylic acids is 1. The van der Waals surface area contributed by atoms with E-state index < -0.39 is 9.84 Å². The van der Waals surface area contributed by atoms with Gasteiger partial charge in [-0.3, -0.25) is 4.79 Å². The quantitative estimate of drug-likeness (QED) is 0.864. The fourth-order valence-corrected chi connectivity index (χ4v) is 2.75. The summed E-state index contributed by atoms with van der Waals surface area (Å²) in [6.07, 6.45) is 3.37. The Morgan fingerprint density at radius 3 is 2.35 bits per heavy atom. The summed E-state index contributed by atoms with van der Waals surface area (Å²) in [5, 5.41) is 3.03. The Kier molecular flexibility index (Phi) is 4.32. The van der Waals surface area contributed by atoms with Gasteiger partial charge in [0.25, 0.3) is 0 Å². The number of anilines is 1. The van der Waals surface area contributed by atoms with Gasteiger partial charge in [0.15, 0.2) is 9.84 Å². The van der Waals surface area contributed by atoms with Crippen LogP contribution < -0.4 is 5.32 Å². The maximum atomic E-state index is 12.0. The van der Waals surface area contributed by atoms with Crippen molar-refractivity contribution in [1.29, 1.82) is 0 Å². The lowest BCUT2D eigenvalue weighted by Crippen LogP contribution is -2.37. The van der Waals surface area contributed by atoms with Crippen molar-refractivity contribution < 1.29 is 13.2 Å². The SMILES string of the molecule is CCN(C(=O)CNc1ccc(S(C)(=O)=O)cc1)C1CC1. The predicted molar refractivity (Wildman–Crippen MR) is 78.5 cm³/mol. The first-order chi connectivity index (χ1) is 9.41. The number of likely N-dealkylation sites (N-methyl/N-ethyl adjacent to an activating group) is 1. The lowest BCUT2D eigenvalue weighted by molar-refractivity contribution is -0.129. The molecule has 2 rings (SSSR count). The molecule has 1 aliphatic carbocycles. The third-order valence-electron chi connectivity index (χ3n) is 3.37. The molecule has 1 aromatic rings. The van der Waals surface area contributed by atoms with Crippen LogP contribution in [0.15, 0.2) is 29.2 Å². The summed E-state index contributed by atoms with van der Waals surface area (Å²) < 4.78 is 22.7. The maximum absolute atomic E-state index is 12.0. The average molecular weight is 296 g/mol. The fraction of sp³-hybridized carbons (Fsp3) is 0.500. The van der Waals surface area contributed by atoms with Crippen molar-refractivity contribution in [2.45, 2.75) is 30.7 Å². The summed E-state index contributed by atoms with van der Waals surface area (Å²) in [5.74, 6) is 0.0854. The number of sulfone groups is 1. The Hall–Kier alpha value is -1.56. The zero-order valence-electron chi connectivity index (χ0n) is 11.8. The first-order valence-corrected chi connectivity index (χ1v) is 8.64. The molecule has 0 spiro atoms. The molecule has 1 amide bonds. The van der Waals surface area contributed by atoms with Crippen LogP contribution in [0.3, 0.4) is 0 Å². The van der Waals surface area contributed by atoms with Gasteiger partial charge in [0, 0.05) is 24.5 Å². The number of benzene rings is 1. The second kappa shape index (κ2) is 5.83. The van der Waals surface area contributed by atoms with E-state index in [0.717, 1.165) is 25.1 Å². The van der Waals surface area contributed by atoms with Gasteiger partial charge in [0.1, 0.15) is 0 Å². The topological polar surface area (TPSA) is 66.5 Å². The second-order valence-corrected chi connectivity index (χ2v) is 7.08. The van der Waals surface area contributed by atoms with E-state index in [1.807, 2.05) is 11.8 Å². The Bertz CT molecular complexity index is 577. The number of nitrogens with one attached hydrogen (secondary N) is 1. The van der Waals surface area contributed by atoms with Gasteiger partial charge in [-0.05, 0) is 44.0 Å². The van der Waals surface area contributed by atoms with E-state index >= 15 is 0 Å². The zero-order chi connectivity index (χ0) is 14.8. The van der Waals surface area contributed by atoms with Crippen LogP contribution in [0.2, 0.25) is 0 Å². The molecular formula is C14H20N2O3S. The van der Waals surface area contributed by atoms with Crippen molar-refractivity contribution in [3.8, 4) is 0 Å². The summed E-state index contributed by atoms with van der Waals surface area (Å²) >= 11 is 0. The molecule has 1 aromatic carbocycles. The molecule has 1 N–H and O–H groups in total. The molecule has 5 nitrogen and oxygen atoms in total.